The first-order chi connectivity index (χ1) is 12.1. The minimum Gasteiger partial charge on any atom is -0.497 e. The van der Waals surface area contributed by atoms with Gasteiger partial charge in [-0.15, -0.1) is 0 Å². The van der Waals surface area contributed by atoms with Crippen molar-refractivity contribution in [3.8, 4) is 5.75 Å². The van der Waals surface area contributed by atoms with Crippen molar-refractivity contribution in [2.45, 2.75) is 45.6 Å². The van der Waals surface area contributed by atoms with Crippen LogP contribution in [0.2, 0.25) is 0 Å². The van der Waals surface area contributed by atoms with Crippen molar-refractivity contribution in [3.05, 3.63) is 29.5 Å². The molecule has 0 bridgehead atoms. The summed E-state index contributed by atoms with van der Waals surface area (Å²) in [5.74, 6) is 2.10. The van der Waals surface area contributed by atoms with E-state index < -0.39 is 0 Å². The monoisotopic (exact) mass is 344 g/mol. The van der Waals surface area contributed by atoms with Crippen molar-refractivity contribution >= 4 is 10.9 Å². The van der Waals surface area contributed by atoms with Crippen molar-refractivity contribution in [2.24, 2.45) is 11.8 Å². The number of aromatic amines is 1. The van der Waals surface area contributed by atoms with E-state index in [4.69, 9.17) is 4.74 Å². The van der Waals surface area contributed by atoms with Crippen molar-refractivity contribution in [1.82, 2.24) is 9.88 Å². The molecule has 0 aliphatic carbocycles. The van der Waals surface area contributed by atoms with Crippen molar-refractivity contribution in [3.63, 3.8) is 0 Å². The van der Waals surface area contributed by atoms with Gasteiger partial charge in [-0.05, 0) is 61.9 Å². The summed E-state index contributed by atoms with van der Waals surface area (Å²) < 4.78 is 5.42. The van der Waals surface area contributed by atoms with Crippen LogP contribution in [0.25, 0.3) is 10.9 Å². The highest BCUT2D eigenvalue weighted by molar-refractivity contribution is 5.86. The summed E-state index contributed by atoms with van der Waals surface area (Å²) >= 11 is 0. The molecule has 1 aliphatic heterocycles. The lowest BCUT2D eigenvalue weighted by atomic mass is 9.81. The number of ether oxygens (including phenoxy) is 1. The summed E-state index contributed by atoms with van der Waals surface area (Å²) in [6.45, 7) is 5.93. The van der Waals surface area contributed by atoms with E-state index in [0.29, 0.717) is 17.9 Å². The van der Waals surface area contributed by atoms with Gasteiger partial charge < -0.3 is 14.8 Å². The first-order valence-electron chi connectivity index (χ1n) is 9.58. The average molecular weight is 344 g/mol. The Labute approximate surface area is 151 Å². The van der Waals surface area contributed by atoms with Gasteiger partial charge in [0.05, 0.1) is 13.2 Å². The van der Waals surface area contributed by atoms with Crippen molar-refractivity contribution in [1.29, 1.82) is 0 Å². The number of likely N-dealkylation sites (N-methyl/N-ethyl adjacent to an activating group) is 1. The van der Waals surface area contributed by atoms with E-state index in [-0.39, 0.29) is 6.61 Å². The van der Waals surface area contributed by atoms with Gasteiger partial charge in [-0.3, -0.25) is 4.90 Å². The maximum Gasteiger partial charge on any atom is 0.119 e. The van der Waals surface area contributed by atoms with Crippen LogP contribution in [0.3, 0.4) is 0 Å². The zero-order chi connectivity index (χ0) is 18.0. The number of fused-ring (bicyclic) bond motifs is 3. The Morgan fingerprint density at radius 2 is 2.20 bits per heavy atom. The van der Waals surface area contributed by atoms with Gasteiger partial charge in [-0.2, -0.15) is 0 Å². The molecule has 1 aromatic carbocycles. The molecule has 4 heteroatoms. The first-order valence-corrected chi connectivity index (χ1v) is 9.58. The second kappa shape index (κ2) is 7.79. The SMILES string of the molecule is CCC(C)C(CCO)CC1c2[nH]c3ccc(OC)cc3c2CCN1C. The van der Waals surface area contributed by atoms with Gasteiger partial charge in [-0.25, -0.2) is 0 Å². The quantitative estimate of drug-likeness (QED) is 0.793. The van der Waals surface area contributed by atoms with Crippen LogP contribution in [-0.4, -0.2) is 42.3 Å². The Morgan fingerprint density at radius 3 is 2.88 bits per heavy atom. The molecule has 4 nitrogen and oxygen atoms in total. The van der Waals surface area contributed by atoms with Crippen LogP contribution in [-0.2, 0) is 6.42 Å². The highest BCUT2D eigenvalue weighted by Crippen LogP contribution is 2.40. The molecule has 0 saturated carbocycles. The number of aliphatic hydroxyl groups is 1. The number of rotatable bonds is 7. The van der Waals surface area contributed by atoms with Crippen LogP contribution >= 0.6 is 0 Å². The summed E-state index contributed by atoms with van der Waals surface area (Å²) in [7, 11) is 3.95. The summed E-state index contributed by atoms with van der Waals surface area (Å²) in [5, 5.41) is 10.8. The van der Waals surface area contributed by atoms with Gasteiger partial charge in [0.1, 0.15) is 5.75 Å². The number of aliphatic hydroxyl groups excluding tert-OH is 1. The second-order valence-electron chi connectivity index (χ2n) is 7.57. The zero-order valence-electron chi connectivity index (χ0n) is 16.0. The topological polar surface area (TPSA) is 48.5 Å². The number of methoxy groups -OCH3 is 1. The Balaban J connectivity index is 1.96. The fourth-order valence-corrected chi connectivity index (χ4v) is 4.31. The highest BCUT2D eigenvalue weighted by Gasteiger charge is 2.31. The molecule has 0 saturated heterocycles. The Kier molecular flexibility index (Phi) is 5.70. The summed E-state index contributed by atoms with van der Waals surface area (Å²) in [5.41, 5.74) is 4.01. The fraction of sp³-hybridized carbons (Fsp3) is 0.619. The zero-order valence-corrected chi connectivity index (χ0v) is 16.0. The molecule has 2 heterocycles. The van der Waals surface area contributed by atoms with Crippen LogP contribution in [0.1, 0.15) is 50.4 Å². The molecular weight excluding hydrogens is 312 g/mol. The van der Waals surface area contributed by atoms with Gasteiger partial charge in [0.2, 0.25) is 0 Å². The summed E-state index contributed by atoms with van der Waals surface area (Å²) in [6, 6.07) is 6.71. The third-order valence-corrected chi connectivity index (χ3v) is 6.20. The van der Waals surface area contributed by atoms with E-state index in [0.717, 1.165) is 38.0 Å². The van der Waals surface area contributed by atoms with Crippen LogP contribution in [0.15, 0.2) is 18.2 Å². The van der Waals surface area contributed by atoms with E-state index in [2.05, 4.69) is 42.9 Å². The molecular formula is C21H32N2O2. The standard InChI is InChI=1S/C21H32N2O2/c1-5-14(2)15(9-11-24)12-20-21-17(8-10-23(20)3)18-13-16(25-4)6-7-19(18)22-21/h6-7,13-15,20,22,24H,5,8-12H2,1-4H3. The van der Waals surface area contributed by atoms with Crippen LogP contribution in [0, 0.1) is 11.8 Å². The minimum absolute atomic E-state index is 0.280. The summed E-state index contributed by atoms with van der Waals surface area (Å²) in [4.78, 5) is 6.17. The Bertz CT molecular complexity index is 709. The molecule has 138 valence electrons. The highest BCUT2D eigenvalue weighted by atomic mass is 16.5. The molecule has 1 aliphatic rings. The largest absolute Gasteiger partial charge is 0.497 e. The third kappa shape index (κ3) is 3.56. The smallest absolute Gasteiger partial charge is 0.119 e. The molecule has 0 radical (unpaired) electrons. The predicted octanol–water partition coefficient (Wildman–Crippen LogP) is 4.14. The van der Waals surface area contributed by atoms with E-state index in [1.165, 1.54) is 22.2 Å². The second-order valence-corrected chi connectivity index (χ2v) is 7.57. The van der Waals surface area contributed by atoms with Gasteiger partial charge in [0.15, 0.2) is 0 Å². The van der Waals surface area contributed by atoms with Crippen LogP contribution in [0.5, 0.6) is 5.75 Å². The lowest BCUT2D eigenvalue weighted by Gasteiger charge is -2.36. The molecule has 2 aromatic rings. The Morgan fingerprint density at radius 1 is 1.40 bits per heavy atom. The molecule has 0 fully saturated rings. The number of aromatic nitrogens is 1. The molecule has 3 rings (SSSR count). The molecule has 25 heavy (non-hydrogen) atoms. The van der Waals surface area contributed by atoms with Gasteiger partial charge in [-0.1, -0.05) is 20.3 Å². The maximum absolute atomic E-state index is 9.51. The van der Waals surface area contributed by atoms with E-state index in [9.17, 15) is 5.11 Å². The van der Waals surface area contributed by atoms with E-state index in [1.807, 2.05) is 6.07 Å². The number of nitrogens with zero attached hydrogens (tertiary/aromatic N) is 1. The molecule has 0 spiro atoms. The van der Waals surface area contributed by atoms with E-state index in [1.54, 1.807) is 7.11 Å². The first kappa shape index (κ1) is 18.3. The number of hydrogen-bond donors (Lipinski definition) is 2. The molecule has 0 amide bonds. The van der Waals surface area contributed by atoms with Crippen molar-refractivity contribution in [2.75, 3.05) is 27.3 Å². The van der Waals surface area contributed by atoms with Gasteiger partial charge >= 0.3 is 0 Å². The predicted molar refractivity (Wildman–Crippen MR) is 103 cm³/mol. The number of benzene rings is 1. The lowest BCUT2D eigenvalue weighted by Crippen LogP contribution is -2.34. The Hall–Kier alpha value is -1.52. The van der Waals surface area contributed by atoms with Crippen LogP contribution < -0.4 is 4.74 Å². The molecule has 3 atom stereocenters. The average Bonchev–Trinajstić information content (AvgIpc) is 3.00. The molecule has 2 N–H and O–H groups in total. The number of nitrogens with one attached hydrogen (secondary N) is 1. The van der Waals surface area contributed by atoms with E-state index >= 15 is 0 Å². The normalized spacial score (nSPS) is 20.4. The van der Waals surface area contributed by atoms with Gasteiger partial charge in [0.25, 0.3) is 0 Å². The number of hydrogen-bond acceptors (Lipinski definition) is 3. The third-order valence-electron chi connectivity index (χ3n) is 6.20. The lowest BCUT2D eigenvalue weighted by molar-refractivity contribution is 0.146. The summed E-state index contributed by atoms with van der Waals surface area (Å²) in [6.07, 6.45) is 4.23. The van der Waals surface area contributed by atoms with Crippen molar-refractivity contribution < 1.29 is 9.84 Å². The van der Waals surface area contributed by atoms with Crippen LogP contribution in [0.4, 0.5) is 0 Å². The number of H-pyrrole nitrogens is 1. The molecule has 3 unspecified atom stereocenters. The van der Waals surface area contributed by atoms with Gasteiger partial charge in [0, 0.05) is 29.7 Å². The molecule has 1 aromatic heterocycles. The fourth-order valence-electron chi connectivity index (χ4n) is 4.31. The maximum atomic E-state index is 9.51. The minimum atomic E-state index is 0.280.